The van der Waals surface area contributed by atoms with Crippen LogP contribution in [0.1, 0.15) is 20.0 Å². The lowest BCUT2D eigenvalue weighted by atomic mass is 10.2. The maximum absolute atomic E-state index is 12.1. The number of carbonyl (C=O) groups is 2. The van der Waals surface area contributed by atoms with Gasteiger partial charge in [-0.05, 0) is 39.5 Å². The Morgan fingerprint density at radius 2 is 2.05 bits per heavy atom. The van der Waals surface area contributed by atoms with Crippen LogP contribution in [-0.2, 0) is 0 Å². The Balaban J connectivity index is 2.29. The maximum atomic E-state index is 12.1. The van der Waals surface area contributed by atoms with Gasteiger partial charge in [-0.2, -0.15) is 0 Å². The minimum Gasteiger partial charge on any atom is -0.477 e. The van der Waals surface area contributed by atoms with Gasteiger partial charge in [0.1, 0.15) is 4.88 Å². The van der Waals surface area contributed by atoms with E-state index in [1.807, 2.05) is 0 Å². The van der Waals surface area contributed by atoms with Crippen molar-refractivity contribution in [1.82, 2.24) is 0 Å². The number of anilines is 1. The minimum absolute atomic E-state index is 0.0828. The Bertz CT molecular complexity index is 656. The highest BCUT2D eigenvalue weighted by atomic mass is 79.9. The zero-order valence-corrected chi connectivity index (χ0v) is 12.5. The predicted molar refractivity (Wildman–Crippen MR) is 78.4 cm³/mol. The molecule has 1 aromatic heterocycles. The lowest BCUT2D eigenvalue weighted by Gasteiger charge is -2.07. The van der Waals surface area contributed by atoms with Crippen molar-refractivity contribution in [2.24, 2.45) is 0 Å². The molecule has 0 aliphatic heterocycles. The first-order valence-electron chi connectivity index (χ1n) is 5.07. The lowest BCUT2D eigenvalue weighted by Crippen LogP contribution is -2.14. The number of amides is 1. The third kappa shape index (κ3) is 2.97. The first kappa shape index (κ1) is 14.0. The number of aromatic carboxylic acids is 1. The molecule has 2 rings (SSSR count). The summed E-state index contributed by atoms with van der Waals surface area (Å²) in [6.45, 7) is 0. The van der Waals surface area contributed by atoms with Gasteiger partial charge in [-0.25, -0.2) is 4.79 Å². The fraction of sp³-hybridized carbons (Fsp3) is 0. The number of carboxylic acid groups (broad SMARTS) is 1. The van der Waals surface area contributed by atoms with Crippen LogP contribution in [0.25, 0.3) is 0 Å². The van der Waals surface area contributed by atoms with Crippen molar-refractivity contribution in [2.45, 2.75) is 0 Å². The number of hydrogen-bond acceptors (Lipinski definition) is 3. The summed E-state index contributed by atoms with van der Waals surface area (Å²) in [6.07, 6.45) is 0. The molecule has 0 radical (unpaired) electrons. The number of carbonyl (C=O) groups excluding carboxylic acids is 1. The fourth-order valence-electron chi connectivity index (χ4n) is 1.44. The van der Waals surface area contributed by atoms with E-state index in [-0.39, 0.29) is 21.2 Å². The second-order valence-electron chi connectivity index (χ2n) is 3.52. The second-order valence-corrected chi connectivity index (χ2v) is 5.67. The van der Waals surface area contributed by atoms with Crippen LogP contribution in [-0.4, -0.2) is 17.0 Å². The van der Waals surface area contributed by atoms with Gasteiger partial charge in [0, 0.05) is 4.47 Å². The summed E-state index contributed by atoms with van der Waals surface area (Å²) in [5, 5.41) is 13.4. The van der Waals surface area contributed by atoms with E-state index in [1.165, 1.54) is 6.07 Å². The van der Waals surface area contributed by atoms with Crippen molar-refractivity contribution >= 4 is 56.4 Å². The van der Waals surface area contributed by atoms with Crippen molar-refractivity contribution in [3.8, 4) is 0 Å². The molecule has 7 heteroatoms. The number of nitrogens with one attached hydrogen (secondary N) is 1. The monoisotopic (exact) mass is 359 g/mol. The van der Waals surface area contributed by atoms with Crippen LogP contribution in [0, 0.1) is 0 Å². The predicted octanol–water partition coefficient (Wildman–Crippen LogP) is 4.11. The first-order valence-corrected chi connectivity index (χ1v) is 7.12. The summed E-state index contributed by atoms with van der Waals surface area (Å²) < 4.78 is 0.602. The van der Waals surface area contributed by atoms with Crippen molar-refractivity contribution < 1.29 is 14.7 Å². The average Bonchev–Trinajstić information content (AvgIpc) is 2.80. The Labute approximate surface area is 126 Å². The molecule has 4 nitrogen and oxygen atoms in total. The second kappa shape index (κ2) is 5.73. The summed E-state index contributed by atoms with van der Waals surface area (Å²) in [6, 6.07) is 6.50. The quantitative estimate of drug-likeness (QED) is 0.865. The average molecular weight is 361 g/mol. The summed E-state index contributed by atoms with van der Waals surface area (Å²) in [5.74, 6) is -1.53. The van der Waals surface area contributed by atoms with Gasteiger partial charge < -0.3 is 10.4 Å². The molecule has 98 valence electrons. The first-order chi connectivity index (χ1) is 9.00. The summed E-state index contributed by atoms with van der Waals surface area (Å²) in [7, 11) is 0. The summed E-state index contributed by atoms with van der Waals surface area (Å²) >= 11 is 10.3. The Morgan fingerprint density at radius 1 is 1.32 bits per heavy atom. The lowest BCUT2D eigenvalue weighted by molar-refractivity contribution is 0.0703. The van der Waals surface area contributed by atoms with E-state index in [0.717, 1.165) is 11.3 Å². The summed E-state index contributed by atoms with van der Waals surface area (Å²) in [4.78, 5) is 23.1. The van der Waals surface area contributed by atoms with Crippen LogP contribution in [0.15, 0.2) is 34.1 Å². The van der Waals surface area contributed by atoms with Gasteiger partial charge >= 0.3 is 5.97 Å². The number of halogens is 2. The topological polar surface area (TPSA) is 66.4 Å². The molecule has 0 saturated heterocycles. The third-order valence-electron chi connectivity index (χ3n) is 2.30. The van der Waals surface area contributed by atoms with Crippen LogP contribution in [0.4, 0.5) is 5.69 Å². The molecule has 0 aliphatic carbocycles. The Kier molecular flexibility index (Phi) is 4.24. The maximum Gasteiger partial charge on any atom is 0.348 e. The van der Waals surface area contributed by atoms with Crippen LogP contribution < -0.4 is 5.32 Å². The third-order valence-corrected chi connectivity index (χ3v) is 4.50. The van der Waals surface area contributed by atoms with Crippen LogP contribution in [0.3, 0.4) is 0 Å². The van der Waals surface area contributed by atoms with Gasteiger partial charge in [-0.1, -0.05) is 17.7 Å². The molecule has 2 aromatic rings. The van der Waals surface area contributed by atoms with Crippen molar-refractivity contribution in [1.29, 1.82) is 0 Å². The normalized spacial score (nSPS) is 10.2. The highest BCUT2D eigenvalue weighted by Gasteiger charge is 2.17. The molecule has 19 heavy (non-hydrogen) atoms. The van der Waals surface area contributed by atoms with Gasteiger partial charge in [0.2, 0.25) is 0 Å². The van der Waals surface area contributed by atoms with Gasteiger partial charge in [0.15, 0.2) is 0 Å². The van der Waals surface area contributed by atoms with E-state index in [1.54, 1.807) is 23.6 Å². The molecule has 0 fully saturated rings. The van der Waals surface area contributed by atoms with Gasteiger partial charge in [-0.15, -0.1) is 11.3 Å². The smallest absolute Gasteiger partial charge is 0.348 e. The number of thiophene rings is 1. The number of carboxylic acids is 1. The molecule has 0 saturated carbocycles. The van der Waals surface area contributed by atoms with E-state index < -0.39 is 11.9 Å². The molecule has 1 aromatic carbocycles. The van der Waals surface area contributed by atoms with E-state index >= 15 is 0 Å². The van der Waals surface area contributed by atoms with Gasteiger partial charge in [0.25, 0.3) is 5.91 Å². The van der Waals surface area contributed by atoms with E-state index in [9.17, 15) is 9.59 Å². The SMILES string of the molecule is O=C(Nc1ccsc1C(=O)O)c1cccc(Br)c1Cl. The minimum atomic E-state index is -1.08. The molecule has 0 unspecified atom stereocenters. The fourth-order valence-corrected chi connectivity index (χ4v) is 2.71. The summed E-state index contributed by atoms with van der Waals surface area (Å²) in [5.41, 5.74) is 0.539. The van der Waals surface area contributed by atoms with Crippen LogP contribution >= 0.6 is 38.9 Å². The highest BCUT2D eigenvalue weighted by Crippen LogP contribution is 2.28. The van der Waals surface area contributed by atoms with Gasteiger partial charge in [0.05, 0.1) is 16.3 Å². The molecule has 1 amide bonds. The molecular weight excluding hydrogens is 354 g/mol. The number of rotatable bonds is 3. The number of benzene rings is 1. The standard InChI is InChI=1S/C12H7BrClNO3S/c13-7-3-1-2-6(9(7)14)11(16)15-8-4-5-19-10(8)12(17)18/h1-5H,(H,15,16)(H,17,18). The molecule has 0 bridgehead atoms. The van der Waals surface area contributed by atoms with E-state index in [4.69, 9.17) is 16.7 Å². The van der Waals surface area contributed by atoms with E-state index in [0.29, 0.717) is 4.47 Å². The number of hydrogen-bond donors (Lipinski definition) is 2. The molecule has 1 heterocycles. The largest absolute Gasteiger partial charge is 0.477 e. The molecular formula is C12H7BrClNO3S. The van der Waals surface area contributed by atoms with Crippen molar-refractivity contribution in [3.63, 3.8) is 0 Å². The van der Waals surface area contributed by atoms with Gasteiger partial charge in [-0.3, -0.25) is 4.79 Å². The van der Waals surface area contributed by atoms with Crippen molar-refractivity contribution in [3.05, 3.63) is 49.6 Å². The zero-order valence-electron chi connectivity index (χ0n) is 9.31. The zero-order chi connectivity index (χ0) is 14.0. The van der Waals surface area contributed by atoms with E-state index in [2.05, 4.69) is 21.2 Å². The van der Waals surface area contributed by atoms with Crippen LogP contribution in [0.2, 0.25) is 5.02 Å². The highest BCUT2D eigenvalue weighted by molar-refractivity contribution is 9.10. The molecule has 0 atom stereocenters. The molecule has 0 aliphatic rings. The Hall–Kier alpha value is -1.37. The molecule has 0 spiro atoms. The molecule has 2 N–H and O–H groups in total. The van der Waals surface area contributed by atoms with Crippen molar-refractivity contribution in [2.75, 3.05) is 5.32 Å². The Morgan fingerprint density at radius 3 is 2.74 bits per heavy atom. The van der Waals surface area contributed by atoms with Crippen LogP contribution in [0.5, 0.6) is 0 Å².